The number of ether oxygens (including phenoxy) is 1. The van der Waals surface area contributed by atoms with Crippen LogP contribution in [0.3, 0.4) is 0 Å². The van der Waals surface area contributed by atoms with Crippen molar-refractivity contribution < 1.29 is 37.7 Å². The van der Waals surface area contributed by atoms with E-state index < -0.39 is 42.1 Å². The van der Waals surface area contributed by atoms with Crippen molar-refractivity contribution in [3.05, 3.63) is 70.8 Å². The number of benzene rings is 2. The minimum absolute atomic E-state index is 0.0311. The lowest BCUT2D eigenvalue weighted by atomic mass is 9.96. The number of nitrogens with one attached hydrogen (secondary N) is 1. The fraction of sp³-hybridized carbons (Fsp3) is 0.263. The van der Waals surface area contributed by atoms with E-state index in [0.717, 1.165) is 17.7 Å². The molecule has 0 aliphatic heterocycles. The standard InChI is InChI=1S/C19H18F3NO5/c20-19(21,22)15-8-13(10-24)6-7-14(15)17(26)16(25)9-23-18(27)28-11-12-4-2-1-3-5-12/h1-8,10,16-17,25-26H,9,11H2,(H,23,27). The van der Waals surface area contributed by atoms with Gasteiger partial charge in [0.2, 0.25) is 0 Å². The Morgan fingerprint density at radius 3 is 2.43 bits per heavy atom. The topological polar surface area (TPSA) is 95.9 Å². The molecule has 0 aliphatic rings. The van der Waals surface area contributed by atoms with Gasteiger partial charge in [-0.05, 0) is 17.2 Å². The van der Waals surface area contributed by atoms with E-state index in [1.54, 1.807) is 30.3 Å². The van der Waals surface area contributed by atoms with Gasteiger partial charge in [-0.2, -0.15) is 13.2 Å². The predicted molar refractivity (Wildman–Crippen MR) is 92.4 cm³/mol. The Morgan fingerprint density at radius 2 is 1.82 bits per heavy atom. The summed E-state index contributed by atoms with van der Waals surface area (Å²) in [6, 6.07) is 11.3. The van der Waals surface area contributed by atoms with Crippen molar-refractivity contribution in [3.8, 4) is 0 Å². The van der Waals surface area contributed by atoms with Crippen molar-refractivity contribution in [1.82, 2.24) is 5.32 Å². The summed E-state index contributed by atoms with van der Waals surface area (Å²) >= 11 is 0. The maximum absolute atomic E-state index is 13.2. The normalized spacial score (nSPS) is 13.5. The molecule has 2 rings (SSSR count). The highest BCUT2D eigenvalue weighted by atomic mass is 19.4. The van der Waals surface area contributed by atoms with E-state index >= 15 is 0 Å². The highest BCUT2D eigenvalue weighted by Crippen LogP contribution is 2.36. The van der Waals surface area contributed by atoms with Crippen molar-refractivity contribution in [2.24, 2.45) is 0 Å². The molecule has 2 aromatic rings. The average molecular weight is 397 g/mol. The quantitative estimate of drug-likeness (QED) is 0.625. The van der Waals surface area contributed by atoms with Gasteiger partial charge in [-0.15, -0.1) is 0 Å². The van der Waals surface area contributed by atoms with Gasteiger partial charge in [0.1, 0.15) is 25.1 Å². The predicted octanol–water partition coefficient (Wildman–Crippen LogP) is 2.84. The number of aliphatic hydroxyl groups excluding tert-OH is 2. The fourth-order valence-electron chi connectivity index (χ4n) is 2.43. The van der Waals surface area contributed by atoms with E-state index in [4.69, 9.17) is 4.74 Å². The number of carbonyl (C=O) groups excluding carboxylic acids is 2. The first-order valence-corrected chi connectivity index (χ1v) is 8.19. The first-order chi connectivity index (χ1) is 13.2. The zero-order valence-corrected chi connectivity index (χ0v) is 14.5. The van der Waals surface area contributed by atoms with Gasteiger partial charge in [-0.3, -0.25) is 4.79 Å². The molecule has 2 unspecified atom stereocenters. The van der Waals surface area contributed by atoms with Crippen LogP contribution in [0.4, 0.5) is 18.0 Å². The number of aldehydes is 1. The van der Waals surface area contributed by atoms with Crippen LogP contribution in [0.25, 0.3) is 0 Å². The number of aliphatic hydroxyl groups is 2. The van der Waals surface area contributed by atoms with Gasteiger partial charge in [0.25, 0.3) is 0 Å². The minimum atomic E-state index is -4.84. The van der Waals surface area contributed by atoms with Crippen LogP contribution in [0.2, 0.25) is 0 Å². The van der Waals surface area contributed by atoms with E-state index in [9.17, 15) is 33.0 Å². The number of hydrogen-bond donors (Lipinski definition) is 3. The molecular weight excluding hydrogens is 379 g/mol. The smallest absolute Gasteiger partial charge is 0.416 e. The van der Waals surface area contributed by atoms with Crippen LogP contribution in [0, 0.1) is 0 Å². The maximum atomic E-state index is 13.2. The van der Waals surface area contributed by atoms with Crippen LogP contribution in [-0.2, 0) is 17.5 Å². The number of alkyl halides is 3. The minimum Gasteiger partial charge on any atom is -0.445 e. The SMILES string of the molecule is O=Cc1ccc(C(O)C(O)CNC(=O)OCc2ccccc2)c(C(F)(F)F)c1. The molecule has 0 bridgehead atoms. The van der Waals surface area contributed by atoms with Crippen molar-refractivity contribution >= 4 is 12.4 Å². The number of hydrogen-bond acceptors (Lipinski definition) is 5. The van der Waals surface area contributed by atoms with E-state index in [0.29, 0.717) is 6.07 Å². The lowest BCUT2D eigenvalue weighted by molar-refractivity contribution is -0.139. The number of carbonyl (C=O) groups is 2. The van der Waals surface area contributed by atoms with Crippen LogP contribution >= 0.6 is 0 Å². The van der Waals surface area contributed by atoms with Crippen LogP contribution < -0.4 is 5.32 Å². The molecule has 0 saturated carbocycles. The van der Waals surface area contributed by atoms with Crippen molar-refractivity contribution in [2.75, 3.05) is 6.54 Å². The van der Waals surface area contributed by atoms with Gasteiger partial charge in [0.05, 0.1) is 5.56 Å². The summed E-state index contributed by atoms with van der Waals surface area (Å²) in [5, 5.41) is 22.2. The zero-order valence-electron chi connectivity index (χ0n) is 14.5. The summed E-state index contributed by atoms with van der Waals surface area (Å²) in [5.74, 6) is 0. The summed E-state index contributed by atoms with van der Waals surface area (Å²) in [5.41, 5.74) is -1.34. The van der Waals surface area contributed by atoms with Gasteiger partial charge in [-0.25, -0.2) is 4.79 Å². The molecule has 2 atom stereocenters. The Bertz CT molecular complexity index is 811. The second-order valence-electron chi connectivity index (χ2n) is 5.92. The largest absolute Gasteiger partial charge is 0.445 e. The van der Waals surface area contributed by atoms with Crippen molar-refractivity contribution in [1.29, 1.82) is 0 Å². The Morgan fingerprint density at radius 1 is 1.14 bits per heavy atom. The molecule has 0 fully saturated rings. The zero-order chi connectivity index (χ0) is 20.7. The molecule has 9 heteroatoms. The first kappa shape index (κ1) is 21.4. The van der Waals surface area contributed by atoms with E-state index in [1.165, 1.54) is 0 Å². The maximum Gasteiger partial charge on any atom is 0.416 e. The number of amides is 1. The van der Waals surface area contributed by atoms with Crippen LogP contribution in [-0.4, -0.2) is 35.2 Å². The van der Waals surface area contributed by atoms with E-state index in [1.807, 2.05) is 0 Å². The third kappa shape index (κ3) is 5.80. The highest BCUT2D eigenvalue weighted by molar-refractivity contribution is 5.75. The summed E-state index contributed by atoms with van der Waals surface area (Å²) in [7, 11) is 0. The second-order valence-corrected chi connectivity index (χ2v) is 5.92. The van der Waals surface area contributed by atoms with Gasteiger partial charge >= 0.3 is 12.3 Å². The number of alkyl carbamates (subject to hydrolysis) is 1. The Balaban J connectivity index is 1.97. The number of rotatable bonds is 7. The Kier molecular flexibility index (Phi) is 7.13. The molecule has 0 aromatic heterocycles. The van der Waals surface area contributed by atoms with E-state index in [-0.39, 0.29) is 18.5 Å². The molecule has 0 spiro atoms. The van der Waals surface area contributed by atoms with Gasteiger partial charge in [0.15, 0.2) is 0 Å². The van der Waals surface area contributed by atoms with E-state index in [2.05, 4.69) is 5.32 Å². The molecule has 0 saturated heterocycles. The molecule has 0 aliphatic carbocycles. The summed E-state index contributed by atoms with van der Waals surface area (Å²) < 4.78 is 44.4. The monoisotopic (exact) mass is 397 g/mol. The summed E-state index contributed by atoms with van der Waals surface area (Å²) in [6.07, 6.45) is -9.16. The lowest BCUT2D eigenvalue weighted by Crippen LogP contribution is -2.36. The third-order valence-electron chi connectivity index (χ3n) is 3.87. The summed E-state index contributed by atoms with van der Waals surface area (Å²) in [6.45, 7) is -0.571. The molecular formula is C19H18F3NO5. The Hall–Kier alpha value is -2.91. The van der Waals surface area contributed by atoms with Crippen molar-refractivity contribution in [3.63, 3.8) is 0 Å². The van der Waals surface area contributed by atoms with Gasteiger partial charge < -0.3 is 20.3 Å². The second kappa shape index (κ2) is 9.34. The molecule has 2 aromatic carbocycles. The molecule has 6 nitrogen and oxygen atoms in total. The molecule has 1 amide bonds. The highest BCUT2D eigenvalue weighted by Gasteiger charge is 2.36. The molecule has 28 heavy (non-hydrogen) atoms. The average Bonchev–Trinajstić information content (AvgIpc) is 2.69. The first-order valence-electron chi connectivity index (χ1n) is 8.19. The number of halogens is 3. The summed E-state index contributed by atoms with van der Waals surface area (Å²) in [4.78, 5) is 22.3. The van der Waals surface area contributed by atoms with Gasteiger partial charge in [-0.1, -0.05) is 42.5 Å². The van der Waals surface area contributed by atoms with Crippen LogP contribution in [0.1, 0.15) is 33.2 Å². The molecule has 3 N–H and O–H groups in total. The molecule has 0 radical (unpaired) electrons. The Labute approximate surface area is 158 Å². The molecule has 150 valence electrons. The third-order valence-corrected chi connectivity index (χ3v) is 3.87. The van der Waals surface area contributed by atoms with Crippen LogP contribution in [0.5, 0.6) is 0 Å². The lowest BCUT2D eigenvalue weighted by Gasteiger charge is -2.22. The fourth-order valence-corrected chi connectivity index (χ4v) is 2.43. The molecule has 0 heterocycles. The van der Waals surface area contributed by atoms with Gasteiger partial charge in [0, 0.05) is 12.1 Å². The van der Waals surface area contributed by atoms with Crippen molar-refractivity contribution in [2.45, 2.75) is 25.0 Å². The van der Waals surface area contributed by atoms with Crippen LogP contribution in [0.15, 0.2) is 48.5 Å².